The number of hydrogen-bond donors (Lipinski definition) is 0. The Labute approximate surface area is 210 Å². The van der Waals surface area contributed by atoms with Crippen LogP contribution >= 0.6 is 0 Å². The third kappa shape index (κ3) is 5.57. The van der Waals surface area contributed by atoms with Gasteiger partial charge in [-0.25, -0.2) is 18.8 Å². The molecule has 2 aromatic heterocycles. The lowest BCUT2D eigenvalue weighted by Gasteiger charge is -2.11. The van der Waals surface area contributed by atoms with Crippen LogP contribution in [0.5, 0.6) is 0 Å². The molecule has 7 nitrogen and oxygen atoms in total. The van der Waals surface area contributed by atoms with Gasteiger partial charge in [0.15, 0.2) is 31.3 Å². The van der Waals surface area contributed by atoms with E-state index in [4.69, 9.17) is 13.1 Å². The van der Waals surface area contributed by atoms with E-state index in [1.807, 2.05) is 65.1 Å². The Bertz CT molecular complexity index is 1450. The molecular formula is C29H22N6O+2. The standard InChI is InChI=1S/C29H22N6O/c1-4-34-15-10-22(11-16-34)6-8-24-26(20-30)28(32-2)25(29(33-3)27(24)21-31)9-7-23-12-17-35(18-13-23)14-5-19-36/h6-13,15-19H,4-5,14H2,1H3/q+2/b8-6+,9-7+. The number of aromatic nitrogens is 2. The van der Waals surface area contributed by atoms with Gasteiger partial charge in [-0.05, 0) is 29.2 Å². The van der Waals surface area contributed by atoms with Crippen LogP contribution in [0.4, 0.5) is 11.4 Å². The molecule has 2 heterocycles. The summed E-state index contributed by atoms with van der Waals surface area (Å²) in [6.45, 7) is 18.9. The number of carbonyl (C=O) groups excluding carboxylic acids is 1. The summed E-state index contributed by atoms with van der Waals surface area (Å²) >= 11 is 0. The Morgan fingerprint density at radius 2 is 1.28 bits per heavy atom. The van der Waals surface area contributed by atoms with Crippen LogP contribution in [0.2, 0.25) is 0 Å². The largest absolute Gasteiger partial charge is 0.303 e. The Hall–Kier alpha value is -5.37. The second kappa shape index (κ2) is 12.2. The molecule has 36 heavy (non-hydrogen) atoms. The number of nitrogens with zero attached hydrogens (tertiary/aromatic N) is 6. The third-order valence-corrected chi connectivity index (χ3v) is 5.56. The monoisotopic (exact) mass is 470 g/mol. The molecule has 0 bridgehead atoms. The molecule has 0 N–H and O–H groups in total. The second-order valence-electron chi connectivity index (χ2n) is 7.68. The maximum atomic E-state index is 10.6. The van der Waals surface area contributed by atoms with E-state index in [9.17, 15) is 15.3 Å². The van der Waals surface area contributed by atoms with Crippen LogP contribution in [0.1, 0.15) is 46.7 Å². The molecule has 172 valence electrons. The summed E-state index contributed by atoms with van der Waals surface area (Å²) in [6, 6.07) is 11.6. The third-order valence-electron chi connectivity index (χ3n) is 5.56. The summed E-state index contributed by atoms with van der Waals surface area (Å²) in [7, 11) is 0. The molecule has 0 amide bonds. The minimum absolute atomic E-state index is 0.0345. The van der Waals surface area contributed by atoms with Gasteiger partial charge >= 0.3 is 0 Å². The number of nitriles is 2. The highest BCUT2D eigenvalue weighted by molar-refractivity contribution is 5.95. The first-order chi connectivity index (χ1) is 17.6. The van der Waals surface area contributed by atoms with Crippen molar-refractivity contribution < 1.29 is 13.9 Å². The van der Waals surface area contributed by atoms with E-state index in [0.717, 1.165) is 24.0 Å². The summed E-state index contributed by atoms with van der Waals surface area (Å²) in [5.41, 5.74) is 2.36. The average Bonchev–Trinajstić information content (AvgIpc) is 2.93. The molecule has 0 unspecified atom stereocenters. The molecule has 0 aliphatic rings. The van der Waals surface area contributed by atoms with Crippen molar-refractivity contribution in [3.63, 3.8) is 0 Å². The van der Waals surface area contributed by atoms with Gasteiger partial charge in [0.25, 0.3) is 0 Å². The number of hydrogen-bond acceptors (Lipinski definition) is 3. The van der Waals surface area contributed by atoms with Crippen LogP contribution in [-0.2, 0) is 17.9 Å². The van der Waals surface area contributed by atoms with Crippen LogP contribution < -0.4 is 9.13 Å². The normalized spacial score (nSPS) is 10.5. The summed E-state index contributed by atoms with van der Waals surface area (Å²) in [4.78, 5) is 17.7. The van der Waals surface area contributed by atoms with E-state index in [2.05, 4.69) is 21.8 Å². The number of pyridine rings is 2. The summed E-state index contributed by atoms with van der Waals surface area (Å²) in [5, 5.41) is 19.8. The molecule has 7 heteroatoms. The van der Waals surface area contributed by atoms with E-state index in [1.54, 1.807) is 24.3 Å². The van der Waals surface area contributed by atoms with Gasteiger partial charge in [0.2, 0.25) is 11.4 Å². The van der Waals surface area contributed by atoms with Crippen LogP contribution in [0.25, 0.3) is 34.0 Å². The maximum Gasteiger partial charge on any atom is 0.202 e. The van der Waals surface area contributed by atoms with Crippen LogP contribution in [0, 0.1) is 35.8 Å². The first-order valence-corrected chi connectivity index (χ1v) is 11.2. The average molecular weight is 471 g/mol. The molecule has 0 radical (unpaired) electrons. The van der Waals surface area contributed by atoms with Crippen molar-refractivity contribution in [1.82, 2.24) is 0 Å². The zero-order chi connectivity index (χ0) is 25.9. The fourth-order valence-corrected chi connectivity index (χ4v) is 3.63. The molecule has 0 spiro atoms. The van der Waals surface area contributed by atoms with E-state index >= 15 is 0 Å². The van der Waals surface area contributed by atoms with Gasteiger partial charge in [0.1, 0.15) is 12.8 Å². The number of benzene rings is 1. The van der Waals surface area contributed by atoms with E-state index in [0.29, 0.717) is 13.0 Å². The van der Waals surface area contributed by atoms with Crippen LogP contribution in [-0.4, -0.2) is 6.29 Å². The SMILES string of the molecule is [C-]#[N+]c1c(C#N)c(/C=C/c2cc[n+](CC)cc2)c(C#N)c([N+]#[C-])c1/C=C/c1cc[n+](CCC=O)cc1. The number of aldehydes is 1. The van der Waals surface area contributed by atoms with Crippen molar-refractivity contribution >= 4 is 42.0 Å². The lowest BCUT2D eigenvalue weighted by atomic mass is 9.92. The zero-order valence-electron chi connectivity index (χ0n) is 19.7. The highest BCUT2D eigenvalue weighted by atomic mass is 16.1. The van der Waals surface area contributed by atoms with Crippen molar-refractivity contribution in [2.75, 3.05) is 0 Å². The van der Waals surface area contributed by atoms with Gasteiger partial charge in [-0.2, -0.15) is 10.5 Å². The number of carbonyl (C=O) groups is 1. The molecule has 3 aromatic rings. The van der Waals surface area contributed by atoms with Gasteiger partial charge in [0.05, 0.1) is 42.8 Å². The number of aryl methyl sites for hydroxylation is 2. The van der Waals surface area contributed by atoms with Gasteiger partial charge in [-0.3, -0.25) is 0 Å². The van der Waals surface area contributed by atoms with E-state index < -0.39 is 0 Å². The smallest absolute Gasteiger partial charge is 0.202 e. The molecule has 0 aliphatic carbocycles. The van der Waals surface area contributed by atoms with Crippen molar-refractivity contribution in [3.05, 3.63) is 105 Å². The predicted molar refractivity (Wildman–Crippen MR) is 136 cm³/mol. The molecule has 3 rings (SSSR count). The van der Waals surface area contributed by atoms with Gasteiger partial charge in [-0.1, -0.05) is 24.3 Å². The lowest BCUT2D eigenvalue weighted by molar-refractivity contribution is -0.695. The fourth-order valence-electron chi connectivity index (χ4n) is 3.63. The topological polar surface area (TPSA) is 81.1 Å². The molecular weight excluding hydrogens is 448 g/mol. The second-order valence-corrected chi connectivity index (χ2v) is 7.68. The minimum atomic E-state index is 0.0345. The molecule has 1 aromatic carbocycles. The van der Waals surface area contributed by atoms with Gasteiger partial charge in [-0.15, -0.1) is 0 Å². The summed E-state index contributed by atoms with van der Waals surface area (Å²) < 4.78 is 3.88. The van der Waals surface area contributed by atoms with Crippen molar-refractivity contribution in [1.29, 1.82) is 10.5 Å². The quantitative estimate of drug-likeness (QED) is 0.262. The van der Waals surface area contributed by atoms with Crippen LogP contribution in [0.15, 0.2) is 49.1 Å². The molecule has 0 fully saturated rings. The van der Waals surface area contributed by atoms with E-state index in [-0.39, 0.29) is 33.6 Å². The summed E-state index contributed by atoms with van der Waals surface area (Å²) in [6.07, 6.45) is 15.5. The molecule has 0 saturated heterocycles. The Kier molecular flexibility index (Phi) is 8.55. The molecule has 0 aliphatic heterocycles. The lowest BCUT2D eigenvalue weighted by Crippen LogP contribution is -2.32. The number of rotatable bonds is 8. The van der Waals surface area contributed by atoms with Gasteiger partial charge < -0.3 is 4.79 Å². The Balaban J connectivity index is 2.10. The first kappa shape index (κ1) is 25.3. The summed E-state index contributed by atoms with van der Waals surface area (Å²) in [5.74, 6) is 0. The Morgan fingerprint density at radius 3 is 1.69 bits per heavy atom. The van der Waals surface area contributed by atoms with Crippen molar-refractivity contribution in [3.8, 4) is 12.1 Å². The highest BCUT2D eigenvalue weighted by Gasteiger charge is 2.22. The van der Waals surface area contributed by atoms with Crippen molar-refractivity contribution in [2.24, 2.45) is 0 Å². The van der Waals surface area contributed by atoms with Gasteiger partial charge in [0, 0.05) is 24.3 Å². The molecule has 0 atom stereocenters. The zero-order valence-corrected chi connectivity index (χ0v) is 19.7. The predicted octanol–water partition coefficient (Wildman–Crippen LogP) is 5.06. The first-order valence-electron chi connectivity index (χ1n) is 11.2. The maximum absolute atomic E-state index is 10.6. The van der Waals surface area contributed by atoms with E-state index in [1.165, 1.54) is 0 Å². The highest BCUT2D eigenvalue weighted by Crippen LogP contribution is 2.41. The Morgan fingerprint density at radius 1 is 0.806 bits per heavy atom. The minimum Gasteiger partial charge on any atom is -0.303 e. The molecule has 0 saturated carbocycles. The van der Waals surface area contributed by atoms with Crippen LogP contribution in [0.3, 0.4) is 0 Å². The fraction of sp³-hybridized carbons (Fsp3) is 0.138. The van der Waals surface area contributed by atoms with Crippen molar-refractivity contribution in [2.45, 2.75) is 26.4 Å².